The van der Waals surface area contributed by atoms with Crippen molar-refractivity contribution < 1.29 is 23.9 Å². The Kier molecular flexibility index (Phi) is 9.03. The smallest absolute Gasteiger partial charge is 0.399 e. The first-order chi connectivity index (χ1) is 20.0. The third-order valence-corrected chi connectivity index (χ3v) is 9.20. The Bertz CT molecular complexity index is 1260. The molecule has 0 aliphatic carbocycles. The summed E-state index contributed by atoms with van der Waals surface area (Å²) in [5, 5.41) is 16.3. The van der Waals surface area contributed by atoms with Crippen molar-refractivity contribution in [2.45, 2.75) is 77.6 Å². The molecule has 4 heterocycles. The van der Waals surface area contributed by atoms with Gasteiger partial charge in [0.1, 0.15) is 11.6 Å². The zero-order chi connectivity index (χ0) is 30.1. The minimum Gasteiger partial charge on any atom is -0.399 e. The van der Waals surface area contributed by atoms with Crippen molar-refractivity contribution in [3.63, 3.8) is 0 Å². The SMILES string of the molecule is Cc1ccc(NC(=O)N2CCCC2)cc1B1OC(C)(C)C(C)(C(C)c2cc(NC[C@@H](C)O)nc(N3CCOCC3)c2)O1. The average Bonchev–Trinajstić information content (AvgIpc) is 3.59. The fourth-order valence-electron chi connectivity index (χ4n) is 6.02. The van der Waals surface area contributed by atoms with Crippen LogP contribution in [-0.2, 0) is 14.0 Å². The van der Waals surface area contributed by atoms with Crippen LogP contribution in [0.5, 0.6) is 0 Å². The molecule has 3 atom stereocenters. The van der Waals surface area contributed by atoms with Gasteiger partial charge in [-0.05, 0) is 82.8 Å². The number of nitrogens with one attached hydrogen (secondary N) is 2. The van der Waals surface area contributed by atoms with E-state index in [1.807, 2.05) is 30.0 Å². The minimum absolute atomic E-state index is 0.0641. The van der Waals surface area contributed by atoms with E-state index in [0.717, 1.165) is 72.9 Å². The van der Waals surface area contributed by atoms with E-state index >= 15 is 0 Å². The van der Waals surface area contributed by atoms with Crippen LogP contribution in [0.1, 0.15) is 64.5 Å². The molecule has 10 nitrogen and oxygen atoms in total. The Morgan fingerprint density at radius 2 is 1.79 bits per heavy atom. The van der Waals surface area contributed by atoms with Gasteiger partial charge in [-0.1, -0.05) is 18.6 Å². The Labute approximate surface area is 250 Å². The first kappa shape index (κ1) is 30.6. The number of benzene rings is 1. The number of amides is 2. The Morgan fingerprint density at radius 1 is 1.07 bits per heavy atom. The summed E-state index contributed by atoms with van der Waals surface area (Å²) in [5.41, 5.74) is 2.43. The Balaban J connectivity index is 1.41. The van der Waals surface area contributed by atoms with Gasteiger partial charge in [0, 0.05) is 44.3 Å². The second-order valence-electron chi connectivity index (χ2n) is 12.6. The first-order valence-corrected chi connectivity index (χ1v) is 15.3. The zero-order valence-electron chi connectivity index (χ0n) is 25.9. The number of hydrogen-bond donors (Lipinski definition) is 3. The molecule has 2 amide bonds. The van der Waals surface area contributed by atoms with Crippen LogP contribution in [0.2, 0.25) is 0 Å². The molecule has 5 rings (SSSR count). The van der Waals surface area contributed by atoms with Crippen LogP contribution in [0.3, 0.4) is 0 Å². The number of aliphatic hydroxyl groups is 1. The van der Waals surface area contributed by atoms with E-state index in [1.165, 1.54) is 0 Å². The van der Waals surface area contributed by atoms with Gasteiger partial charge in [0.2, 0.25) is 0 Å². The Hall–Kier alpha value is -2.86. The second kappa shape index (κ2) is 12.4. The van der Waals surface area contributed by atoms with Crippen LogP contribution in [0.15, 0.2) is 30.3 Å². The molecule has 1 aromatic carbocycles. The number of nitrogens with zero attached hydrogens (tertiary/aromatic N) is 3. The lowest BCUT2D eigenvalue weighted by Gasteiger charge is -2.42. The number of carbonyl (C=O) groups is 1. The van der Waals surface area contributed by atoms with Crippen molar-refractivity contribution in [1.82, 2.24) is 9.88 Å². The number of aryl methyl sites for hydroxylation is 1. The van der Waals surface area contributed by atoms with E-state index in [-0.39, 0.29) is 11.9 Å². The molecule has 0 bridgehead atoms. The van der Waals surface area contributed by atoms with Crippen molar-refractivity contribution in [3.8, 4) is 0 Å². The topological polar surface area (TPSA) is 108 Å². The zero-order valence-corrected chi connectivity index (χ0v) is 25.9. The highest BCUT2D eigenvalue weighted by Gasteiger charge is 2.57. The maximum Gasteiger partial charge on any atom is 0.495 e. The number of carbonyl (C=O) groups excluding carboxylic acids is 1. The Morgan fingerprint density at radius 3 is 2.48 bits per heavy atom. The van der Waals surface area contributed by atoms with E-state index in [2.05, 4.69) is 55.4 Å². The van der Waals surface area contributed by atoms with Crippen LogP contribution in [0.25, 0.3) is 0 Å². The van der Waals surface area contributed by atoms with Gasteiger partial charge in [-0.25, -0.2) is 9.78 Å². The maximum atomic E-state index is 12.8. The molecule has 42 heavy (non-hydrogen) atoms. The molecule has 2 aromatic rings. The molecule has 3 N–H and O–H groups in total. The molecule has 3 aliphatic heterocycles. The van der Waals surface area contributed by atoms with E-state index in [9.17, 15) is 9.90 Å². The molecule has 0 spiro atoms. The van der Waals surface area contributed by atoms with Crippen molar-refractivity contribution in [1.29, 1.82) is 0 Å². The van der Waals surface area contributed by atoms with E-state index in [1.54, 1.807) is 6.92 Å². The molecule has 11 heteroatoms. The third-order valence-electron chi connectivity index (χ3n) is 9.20. The number of morpholine rings is 1. The molecule has 3 saturated heterocycles. The first-order valence-electron chi connectivity index (χ1n) is 15.3. The summed E-state index contributed by atoms with van der Waals surface area (Å²) < 4.78 is 19.1. The summed E-state index contributed by atoms with van der Waals surface area (Å²) in [6.07, 6.45) is 1.60. The van der Waals surface area contributed by atoms with Crippen LogP contribution < -0.4 is 21.0 Å². The quantitative estimate of drug-likeness (QED) is 0.407. The summed E-state index contributed by atoms with van der Waals surface area (Å²) >= 11 is 0. The molecule has 228 valence electrons. The van der Waals surface area contributed by atoms with Gasteiger partial charge >= 0.3 is 13.1 Å². The molecule has 3 aliphatic rings. The number of aliphatic hydroxyl groups excluding tert-OH is 1. The van der Waals surface area contributed by atoms with Crippen molar-refractivity contribution >= 4 is 35.9 Å². The number of anilines is 3. The monoisotopic (exact) mass is 579 g/mol. The number of aromatic nitrogens is 1. The van der Waals surface area contributed by atoms with Crippen LogP contribution in [-0.4, -0.2) is 91.4 Å². The molecule has 0 radical (unpaired) electrons. The van der Waals surface area contributed by atoms with Crippen LogP contribution >= 0.6 is 0 Å². The molecule has 2 unspecified atom stereocenters. The number of likely N-dealkylation sites (tertiary alicyclic amines) is 1. The van der Waals surface area contributed by atoms with Gasteiger partial charge in [0.05, 0.1) is 30.5 Å². The lowest BCUT2D eigenvalue weighted by atomic mass is 9.74. The van der Waals surface area contributed by atoms with Gasteiger partial charge in [0.15, 0.2) is 0 Å². The summed E-state index contributed by atoms with van der Waals surface area (Å²) in [6.45, 7) is 17.1. The van der Waals surface area contributed by atoms with Crippen molar-refractivity contribution in [2.75, 3.05) is 61.5 Å². The van der Waals surface area contributed by atoms with Gasteiger partial charge in [-0.2, -0.15) is 0 Å². The molecule has 1 aromatic heterocycles. The normalized spacial score (nSPS) is 23.6. The van der Waals surface area contributed by atoms with Gasteiger partial charge in [-0.3, -0.25) is 0 Å². The number of ether oxygens (including phenoxy) is 1. The second-order valence-corrected chi connectivity index (χ2v) is 12.6. The highest BCUT2D eigenvalue weighted by atomic mass is 16.7. The number of rotatable bonds is 8. The molecular weight excluding hydrogens is 533 g/mol. The fraction of sp³-hybridized carbons (Fsp3) is 0.613. The summed E-state index contributed by atoms with van der Waals surface area (Å²) in [6, 6.07) is 10.0. The van der Waals surface area contributed by atoms with Crippen LogP contribution in [0.4, 0.5) is 22.1 Å². The largest absolute Gasteiger partial charge is 0.495 e. The minimum atomic E-state index is -0.690. The van der Waals surface area contributed by atoms with Gasteiger partial charge in [0.25, 0.3) is 0 Å². The van der Waals surface area contributed by atoms with Crippen molar-refractivity contribution in [2.24, 2.45) is 0 Å². The van der Waals surface area contributed by atoms with Crippen molar-refractivity contribution in [3.05, 3.63) is 41.5 Å². The predicted octanol–water partition coefficient (Wildman–Crippen LogP) is 3.73. The van der Waals surface area contributed by atoms with Crippen LogP contribution in [0, 0.1) is 6.92 Å². The highest BCUT2D eigenvalue weighted by molar-refractivity contribution is 6.62. The predicted molar refractivity (Wildman–Crippen MR) is 167 cm³/mol. The summed E-state index contributed by atoms with van der Waals surface area (Å²) in [4.78, 5) is 21.7. The average molecular weight is 580 g/mol. The summed E-state index contributed by atoms with van der Waals surface area (Å²) in [7, 11) is -0.593. The fourth-order valence-corrected chi connectivity index (χ4v) is 6.02. The van der Waals surface area contributed by atoms with Gasteiger partial charge in [-0.15, -0.1) is 0 Å². The number of pyridine rings is 1. The molecule has 3 fully saturated rings. The van der Waals surface area contributed by atoms with E-state index in [0.29, 0.717) is 19.8 Å². The van der Waals surface area contributed by atoms with E-state index in [4.69, 9.17) is 19.0 Å². The highest BCUT2D eigenvalue weighted by Crippen LogP contribution is 2.47. The van der Waals surface area contributed by atoms with E-state index < -0.39 is 24.4 Å². The molecular formula is C31H46BN5O5. The lowest BCUT2D eigenvalue weighted by Crippen LogP contribution is -2.48. The number of hydrogen-bond acceptors (Lipinski definition) is 8. The maximum absolute atomic E-state index is 12.8. The standard InChI is InChI=1S/C31H46BN5O5/c1-21-9-10-25(34-29(39)37-11-7-8-12-37)19-26(21)32-41-30(4,5)31(6,42-32)23(3)24-17-27(33-20-22(2)38)35-28(18-24)36-13-15-40-16-14-36/h9-10,17-19,22-23,38H,7-8,11-16,20H2,1-6H3,(H,33,35)(H,34,39)/t22-,23?,31?/m1/s1. The number of urea groups is 1. The lowest BCUT2D eigenvalue weighted by molar-refractivity contribution is -0.0264. The van der Waals surface area contributed by atoms with Gasteiger partial charge < -0.3 is 39.6 Å². The molecule has 0 saturated carbocycles. The summed E-state index contributed by atoms with van der Waals surface area (Å²) in [5.74, 6) is 1.53. The third kappa shape index (κ3) is 6.39.